The van der Waals surface area contributed by atoms with Crippen molar-refractivity contribution in [3.63, 3.8) is 0 Å². The molecule has 0 saturated carbocycles. The van der Waals surface area contributed by atoms with Crippen molar-refractivity contribution < 1.29 is 23.5 Å². The van der Waals surface area contributed by atoms with Crippen molar-refractivity contribution in [2.75, 3.05) is 18.2 Å². The van der Waals surface area contributed by atoms with Crippen LogP contribution in [0.3, 0.4) is 0 Å². The van der Waals surface area contributed by atoms with Gasteiger partial charge in [-0.25, -0.2) is 9.40 Å². The minimum atomic E-state index is -0.572. The molecule has 0 radical (unpaired) electrons. The third-order valence-corrected chi connectivity index (χ3v) is 4.19. The number of ether oxygens (including phenoxy) is 2. The fraction of sp³-hybridized carbons (Fsp3) is 0.200. The summed E-state index contributed by atoms with van der Waals surface area (Å²) in [4.78, 5) is 25.0. The average Bonchev–Trinajstić information content (AvgIpc) is 2.94. The van der Waals surface area contributed by atoms with Crippen LogP contribution in [0.4, 0.5) is 10.1 Å². The molecule has 28 heavy (non-hydrogen) atoms. The molecule has 0 spiro atoms. The molecular weight excluding hydrogens is 387 g/mol. The Labute approximate surface area is 166 Å². The van der Waals surface area contributed by atoms with E-state index in [2.05, 4.69) is 5.43 Å². The van der Waals surface area contributed by atoms with Gasteiger partial charge in [-0.3, -0.25) is 15.0 Å². The molecule has 2 aromatic carbocycles. The standard InChI is InChI=1S/C20H18ClFN2O4/c1-3-27-17-11-12(10-16(21)18(17)28-4-2)9-15-19(25)23-24(20(15)26)14-7-5-13(22)6-8-14/h5-11H,3-4H2,1-2H3,(H,23,25)/b15-9+. The molecule has 0 aromatic heterocycles. The molecule has 0 bridgehead atoms. The maximum Gasteiger partial charge on any atom is 0.282 e. The number of carbonyl (C=O) groups excluding carboxylic acids is 2. The number of hydrogen-bond donors (Lipinski definition) is 1. The lowest BCUT2D eigenvalue weighted by atomic mass is 10.1. The van der Waals surface area contributed by atoms with Crippen LogP contribution in [0.5, 0.6) is 11.5 Å². The van der Waals surface area contributed by atoms with E-state index in [9.17, 15) is 14.0 Å². The van der Waals surface area contributed by atoms with Gasteiger partial charge in [0.25, 0.3) is 11.8 Å². The summed E-state index contributed by atoms with van der Waals surface area (Å²) in [5, 5.41) is 1.37. The van der Waals surface area contributed by atoms with Gasteiger partial charge in [-0.1, -0.05) is 11.6 Å². The third-order valence-electron chi connectivity index (χ3n) is 3.91. The highest BCUT2D eigenvalue weighted by Crippen LogP contribution is 2.37. The Morgan fingerprint density at radius 3 is 2.43 bits per heavy atom. The van der Waals surface area contributed by atoms with E-state index in [1.807, 2.05) is 13.8 Å². The Balaban J connectivity index is 1.95. The highest BCUT2D eigenvalue weighted by molar-refractivity contribution is 6.33. The molecule has 146 valence electrons. The number of rotatable bonds is 6. The Kier molecular flexibility index (Phi) is 5.84. The molecule has 6 nitrogen and oxygen atoms in total. The molecule has 8 heteroatoms. The van der Waals surface area contributed by atoms with E-state index in [-0.39, 0.29) is 5.57 Å². The summed E-state index contributed by atoms with van der Waals surface area (Å²) in [5.74, 6) is -0.741. The highest BCUT2D eigenvalue weighted by Gasteiger charge is 2.34. The minimum absolute atomic E-state index is 0.0769. The van der Waals surface area contributed by atoms with Crippen LogP contribution < -0.4 is 19.9 Å². The third kappa shape index (κ3) is 3.94. The van der Waals surface area contributed by atoms with Gasteiger partial charge in [0.05, 0.1) is 23.9 Å². The lowest BCUT2D eigenvalue weighted by Gasteiger charge is -2.14. The van der Waals surface area contributed by atoms with Gasteiger partial charge in [0.15, 0.2) is 11.5 Å². The van der Waals surface area contributed by atoms with Crippen molar-refractivity contribution in [1.29, 1.82) is 0 Å². The number of hydrazine groups is 1. The molecule has 1 N–H and O–H groups in total. The first-order chi connectivity index (χ1) is 13.4. The van der Waals surface area contributed by atoms with Gasteiger partial charge in [0.2, 0.25) is 0 Å². The number of nitrogens with zero attached hydrogens (tertiary/aromatic N) is 1. The van der Waals surface area contributed by atoms with Crippen LogP contribution >= 0.6 is 11.6 Å². The summed E-state index contributed by atoms with van der Waals surface area (Å²) in [6.07, 6.45) is 1.42. The zero-order chi connectivity index (χ0) is 20.3. The Morgan fingerprint density at radius 2 is 1.79 bits per heavy atom. The summed E-state index contributed by atoms with van der Waals surface area (Å²) in [6, 6.07) is 8.45. The van der Waals surface area contributed by atoms with Crippen molar-refractivity contribution in [3.05, 3.63) is 58.4 Å². The first-order valence-electron chi connectivity index (χ1n) is 8.66. The van der Waals surface area contributed by atoms with E-state index in [1.165, 1.54) is 30.3 Å². The molecule has 0 atom stereocenters. The van der Waals surface area contributed by atoms with Gasteiger partial charge in [0, 0.05) is 0 Å². The second-order valence-electron chi connectivity index (χ2n) is 5.81. The zero-order valence-corrected chi connectivity index (χ0v) is 16.0. The highest BCUT2D eigenvalue weighted by atomic mass is 35.5. The molecule has 2 aromatic rings. The predicted octanol–water partition coefficient (Wildman–Crippen LogP) is 3.74. The normalized spacial score (nSPS) is 15.1. The number of carbonyl (C=O) groups is 2. The fourth-order valence-electron chi connectivity index (χ4n) is 2.71. The molecule has 1 aliphatic rings. The number of benzene rings is 2. The maximum atomic E-state index is 13.1. The van der Waals surface area contributed by atoms with Crippen LogP contribution in [0.2, 0.25) is 5.02 Å². The first kappa shape index (κ1) is 19.7. The maximum absolute atomic E-state index is 13.1. The van der Waals surface area contributed by atoms with Gasteiger partial charge in [-0.15, -0.1) is 0 Å². The van der Waals surface area contributed by atoms with Crippen molar-refractivity contribution in [2.45, 2.75) is 13.8 Å². The number of anilines is 1. The largest absolute Gasteiger partial charge is 0.490 e. The second-order valence-corrected chi connectivity index (χ2v) is 6.22. The molecule has 3 rings (SSSR count). The molecule has 1 saturated heterocycles. The summed E-state index contributed by atoms with van der Waals surface area (Å²) < 4.78 is 24.2. The number of amides is 2. The predicted molar refractivity (Wildman–Crippen MR) is 104 cm³/mol. The Hall–Kier alpha value is -3.06. The van der Waals surface area contributed by atoms with Crippen molar-refractivity contribution in [2.24, 2.45) is 0 Å². The van der Waals surface area contributed by atoms with Crippen molar-refractivity contribution in [3.8, 4) is 11.5 Å². The van der Waals surface area contributed by atoms with Crippen LogP contribution in [0.25, 0.3) is 6.08 Å². The van der Waals surface area contributed by atoms with Gasteiger partial charge in [0.1, 0.15) is 11.4 Å². The number of halogens is 2. The summed E-state index contributed by atoms with van der Waals surface area (Å²) in [6.45, 7) is 4.46. The summed E-state index contributed by atoms with van der Waals surface area (Å²) in [7, 11) is 0. The van der Waals surface area contributed by atoms with E-state index in [1.54, 1.807) is 12.1 Å². The summed E-state index contributed by atoms with van der Waals surface area (Å²) >= 11 is 6.28. The Morgan fingerprint density at radius 1 is 1.11 bits per heavy atom. The number of nitrogens with one attached hydrogen (secondary N) is 1. The molecule has 1 fully saturated rings. The SMILES string of the molecule is CCOc1cc(/C=C2\C(=O)NN(c3ccc(F)cc3)C2=O)cc(Cl)c1OCC. The van der Waals surface area contributed by atoms with Gasteiger partial charge >= 0.3 is 0 Å². The van der Waals surface area contributed by atoms with E-state index >= 15 is 0 Å². The van der Waals surface area contributed by atoms with Gasteiger partial charge in [-0.2, -0.15) is 0 Å². The van der Waals surface area contributed by atoms with Crippen LogP contribution in [0.15, 0.2) is 42.0 Å². The van der Waals surface area contributed by atoms with Crippen LogP contribution in [-0.2, 0) is 9.59 Å². The van der Waals surface area contributed by atoms with Crippen molar-refractivity contribution in [1.82, 2.24) is 5.43 Å². The van der Waals surface area contributed by atoms with Gasteiger partial charge in [-0.05, 0) is 61.9 Å². The molecule has 2 amide bonds. The van der Waals surface area contributed by atoms with E-state index < -0.39 is 17.6 Å². The van der Waals surface area contributed by atoms with E-state index in [0.29, 0.717) is 41.0 Å². The zero-order valence-electron chi connectivity index (χ0n) is 15.3. The molecular formula is C20H18ClFN2O4. The van der Waals surface area contributed by atoms with Crippen LogP contribution in [0.1, 0.15) is 19.4 Å². The number of hydrogen-bond acceptors (Lipinski definition) is 4. The first-order valence-corrected chi connectivity index (χ1v) is 9.04. The average molecular weight is 405 g/mol. The van der Waals surface area contributed by atoms with Crippen LogP contribution in [0, 0.1) is 5.82 Å². The topological polar surface area (TPSA) is 67.9 Å². The lowest BCUT2D eigenvalue weighted by Crippen LogP contribution is -2.35. The lowest BCUT2D eigenvalue weighted by molar-refractivity contribution is -0.117. The van der Waals surface area contributed by atoms with E-state index in [0.717, 1.165) is 5.01 Å². The van der Waals surface area contributed by atoms with E-state index in [4.69, 9.17) is 21.1 Å². The van der Waals surface area contributed by atoms with Gasteiger partial charge < -0.3 is 9.47 Å². The molecule has 1 heterocycles. The second kappa shape index (κ2) is 8.31. The minimum Gasteiger partial charge on any atom is -0.490 e. The quantitative estimate of drug-likeness (QED) is 0.588. The summed E-state index contributed by atoms with van der Waals surface area (Å²) in [5.41, 5.74) is 3.24. The molecule has 1 aliphatic heterocycles. The van der Waals surface area contributed by atoms with Crippen LogP contribution in [-0.4, -0.2) is 25.0 Å². The molecule has 0 aliphatic carbocycles. The smallest absolute Gasteiger partial charge is 0.282 e. The Bertz CT molecular complexity index is 944. The monoisotopic (exact) mass is 404 g/mol. The molecule has 0 unspecified atom stereocenters. The van der Waals surface area contributed by atoms with Crippen molar-refractivity contribution >= 4 is 35.2 Å². The fourth-order valence-corrected chi connectivity index (χ4v) is 2.99.